The van der Waals surface area contributed by atoms with E-state index in [4.69, 9.17) is 0 Å². The third kappa shape index (κ3) is 5.78. The van der Waals surface area contributed by atoms with E-state index in [-0.39, 0.29) is 0 Å². The Morgan fingerprint density at radius 2 is 2.00 bits per heavy atom. The fourth-order valence-electron chi connectivity index (χ4n) is 1.92. The zero-order valence-electron chi connectivity index (χ0n) is 10.6. The molecule has 0 aliphatic rings. The second-order valence-corrected chi connectivity index (χ2v) is 4.11. The van der Waals surface area contributed by atoms with Gasteiger partial charge in [0.25, 0.3) is 0 Å². The van der Waals surface area contributed by atoms with Crippen LogP contribution in [-0.2, 0) is 4.79 Å². The number of nitrogens with one attached hydrogen (secondary N) is 1. The van der Waals surface area contributed by atoms with Crippen LogP contribution in [0.2, 0.25) is 0 Å². The number of hydrogen-bond donors (Lipinski definition) is 1. The van der Waals surface area contributed by atoms with Crippen LogP contribution in [0.4, 0.5) is 0 Å². The van der Waals surface area contributed by atoms with Crippen LogP contribution in [-0.4, -0.2) is 37.0 Å². The minimum Gasteiger partial charge on any atom is -0.345 e. The standard InChI is InChI=1S/C12H26N2O/c1-5-8-12(14(4)10-15)9-11(6-2)13-7-3/h10-13H,5-9H2,1-4H3. The Morgan fingerprint density at radius 3 is 2.40 bits per heavy atom. The molecule has 15 heavy (non-hydrogen) atoms. The molecule has 0 aliphatic carbocycles. The van der Waals surface area contributed by atoms with Gasteiger partial charge in [0, 0.05) is 19.1 Å². The molecule has 0 saturated carbocycles. The molecule has 90 valence electrons. The van der Waals surface area contributed by atoms with E-state index in [1.54, 1.807) is 0 Å². The highest BCUT2D eigenvalue weighted by molar-refractivity contribution is 5.47. The first-order valence-corrected chi connectivity index (χ1v) is 6.10. The van der Waals surface area contributed by atoms with Gasteiger partial charge in [0.05, 0.1) is 0 Å². The van der Waals surface area contributed by atoms with Crippen LogP contribution in [0.25, 0.3) is 0 Å². The summed E-state index contributed by atoms with van der Waals surface area (Å²) < 4.78 is 0. The first-order valence-electron chi connectivity index (χ1n) is 6.10. The van der Waals surface area contributed by atoms with Crippen molar-refractivity contribution in [3.63, 3.8) is 0 Å². The van der Waals surface area contributed by atoms with E-state index in [9.17, 15) is 4.79 Å². The molecular weight excluding hydrogens is 188 g/mol. The lowest BCUT2D eigenvalue weighted by Crippen LogP contribution is -2.38. The average molecular weight is 214 g/mol. The highest BCUT2D eigenvalue weighted by Gasteiger charge is 2.16. The molecule has 0 radical (unpaired) electrons. The summed E-state index contributed by atoms with van der Waals surface area (Å²) in [4.78, 5) is 12.6. The Kier molecular flexibility index (Phi) is 8.38. The number of carbonyl (C=O) groups excluding carboxylic acids is 1. The topological polar surface area (TPSA) is 32.3 Å². The van der Waals surface area contributed by atoms with Crippen molar-refractivity contribution in [2.24, 2.45) is 0 Å². The third-order valence-corrected chi connectivity index (χ3v) is 2.91. The predicted molar refractivity (Wildman–Crippen MR) is 64.9 cm³/mol. The summed E-state index contributed by atoms with van der Waals surface area (Å²) in [6.07, 6.45) is 5.36. The first kappa shape index (κ1) is 14.4. The van der Waals surface area contributed by atoms with E-state index in [2.05, 4.69) is 26.1 Å². The molecule has 0 aromatic rings. The van der Waals surface area contributed by atoms with Gasteiger partial charge in [0.1, 0.15) is 0 Å². The summed E-state index contributed by atoms with van der Waals surface area (Å²) in [5.74, 6) is 0. The predicted octanol–water partition coefficient (Wildman–Crippen LogP) is 2.02. The largest absolute Gasteiger partial charge is 0.345 e. The Balaban J connectivity index is 4.16. The van der Waals surface area contributed by atoms with Gasteiger partial charge in [-0.15, -0.1) is 0 Å². The normalized spacial score (nSPS) is 14.7. The number of amides is 1. The lowest BCUT2D eigenvalue weighted by atomic mass is 10.00. The van der Waals surface area contributed by atoms with E-state index in [1.807, 2.05) is 11.9 Å². The molecule has 3 heteroatoms. The summed E-state index contributed by atoms with van der Waals surface area (Å²) in [5.41, 5.74) is 0. The average Bonchev–Trinajstić information content (AvgIpc) is 2.26. The monoisotopic (exact) mass is 214 g/mol. The fraction of sp³-hybridized carbons (Fsp3) is 0.917. The maximum atomic E-state index is 10.8. The Labute approximate surface area is 94.2 Å². The van der Waals surface area contributed by atoms with Crippen molar-refractivity contribution in [3.05, 3.63) is 0 Å². The van der Waals surface area contributed by atoms with E-state index < -0.39 is 0 Å². The molecule has 0 aliphatic heterocycles. The fourth-order valence-corrected chi connectivity index (χ4v) is 1.92. The SMILES string of the molecule is CCCC(CC(CC)NCC)N(C)C=O. The molecule has 0 saturated heterocycles. The summed E-state index contributed by atoms with van der Waals surface area (Å²) in [5, 5.41) is 3.46. The highest BCUT2D eigenvalue weighted by atomic mass is 16.1. The number of nitrogens with zero attached hydrogens (tertiary/aromatic N) is 1. The third-order valence-electron chi connectivity index (χ3n) is 2.91. The maximum absolute atomic E-state index is 10.8. The summed E-state index contributed by atoms with van der Waals surface area (Å²) in [6.45, 7) is 7.49. The molecule has 2 unspecified atom stereocenters. The van der Waals surface area contributed by atoms with E-state index >= 15 is 0 Å². The Morgan fingerprint density at radius 1 is 1.33 bits per heavy atom. The van der Waals surface area contributed by atoms with Crippen LogP contribution in [0.5, 0.6) is 0 Å². The van der Waals surface area contributed by atoms with Gasteiger partial charge < -0.3 is 10.2 Å². The summed E-state index contributed by atoms with van der Waals surface area (Å²) in [6, 6.07) is 0.922. The zero-order valence-corrected chi connectivity index (χ0v) is 10.6. The highest BCUT2D eigenvalue weighted by Crippen LogP contribution is 2.12. The van der Waals surface area contributed by atoms with Gasteiger partial charge >= 0.3 is 0 Å². The Bertz CT molecular complexity index is 162. The number of hydrogen-bond acceptors (Lipinski definition) is 2. The van der Waals surface area contributed by atoms with Gasteiger partial charge in [-0.2, -0.15) is 0 Å². The van der Waals surface area contributed by atoms with Gasteiger partial charge in [-0.25, -0.2) is 0 Å². The van der Waals surface area contributed by atoms with Gasteiger partial charge in [0.15, 0.2) is 0 Å². The molecule has 0 bridgehead atoms. The molecule has 1 N–H and O–H groups in total. The summed E-state index contributed by atoms with van der Waals surface area (Å²) in [7, 11) is 1.88. The molecule has 0 rings (SSSR count). The van der Waals surface area contributed by atoms with Crippen molar-refractivity contribution in [3.8, 4) is 0 Å². The van der Waals surface area contributed by atoms with Crippen molar-refractivity contribution in [2.75, 3.05) is 13.6 Å². The molecular formula is C12H26N2O. The first-order chi connectivity index (χ1) is 7.19. The molecule has 1 amide bonds. The minimum atomic E-state index is 0.386. The van der Waals surface area contributed by atoms with E-state index in [0.29, 0.717) is 12.1 Å². The van der Waals surface area contributed by atoms with Crippen molar-refractivity contribution in [1.29, 1.82) is 0 Å². The van der Waals surface area contributed by atoms with Crippen molar-refractivity contribution >= 4 is 6.41 Å². The minimum absolute atomic E-state index is 0.386. The molecule has 0 aromatic heterocycles. The van der Waals surface area contributed by atoms with Crippen molar-refractivity contribution < 1.29 is 4.79 Å². The summed E-state index contributed by atoms with van der Waals surface area (Å²) >= 11 is 0. The molecule has 0 heterocycles. The number of rotatable bonds is 9. The van der Waals surface area contributed by atoms with Gasteiger partial charge in [0.2, 0.25) is 6.41 Å². The van der Waals surface area contributed by atoms with E-state index in [1.165, 1.54) is 0 Å². The van der Waals surface area contributed by atoms with E-state index in [0.717, 1.165) is 38.6 Å². The lowest BCUT2D eigenvalue weighted by molar-refractivity contribution is -0.119. The second kappa shape index (κ2) is 8.72. The zero-order chi connectivity index (χ0) is 11.7. The van der Waals surface area contributed by atoms with Crippen LogP contribution in [0.3, 0.4) is 0 Å². The quantitative estimate of drug-likeness (QED) is 0.596. The van der Waals surface area contributed by atoms with Gasteiger partial charge in [-0.1, -0.05) is 27.2 Å². The van der Waals surface area contributed by atoms with Crippen LogP contribution < -0.4 is 5.32 Å². The Hall–Kier alpha value is -0.570. The number of carbonyl (C=O) groups is 1. The van der Waals surface area contributed by atoms with Crippen molar-refractivity contribution in [2.45, 2.75) is 58.5 Å². The molecule has 2 atom stereocenters. The van der Waals surface area contributed by atoms with Crippen LogP contribution in [0.1, 0.15) is 46.5 Å². The van der Waals surface area contributed by atoms with Crippen molar-refractivity contribution in [1.82, 2.24) is 10.2 Å². The smallest absolute Gasteiger partial charge is 0.209 e. The maximum Gasteiger partial charge on any atom is 0.209 e. The molecule has 0 fully saturated rings. The molecule has 0 spiro atoms. The van der Waals surface area contributed by atoms with Gasteiger partial charge in [-0.05, 0) is 25.8 Å². The van der Waals surface area contributed by atoms with Gasteiger partial charge in [-0.3, -0.25) is 4.79 Å². The van der Waals surface area contributed by atoms with Crippen LogP contribution >= 0.6 is 0 Å². The lowest BCUT2D eigenvalue weighted by Gasteiger charge is -2.28. The van der Waals surface area contributed by atoms with Crippen LogP contribution in [0.15, 0.2) is 0 Å². The van der Waals surface area contributed by atoms with Crippen LogP contribution in [0, 0.1) is 0 Å². The molecule has 0 aromatic carbocycles. The molecule has 3 nitrogen and oxygen atoms in total. The second-order valence-electron chi connectivity index (χ2n) is 4.11.